The van der Waals surface area contributed by atoms with E-state index in [0.29, 0.717) is 0 Å². The van der Waals surface area contributed by atoms with Gasteiger partial charge in [-0.05, 0) is 12.1 Å². The Morgan fingerprint density at radius 2 is 1.73 bits per heavy atom. The van der Waals surface area contributed by atoms with Crippen molar-refractivity contribution in [3.63, 3.8) is 0 Å². The SMILES string of the molecule is COc1nc(OC)nc(N2C=CN(NS(=O)(=O)c3ccccc3Cl)N2)n1. The summed E-state index contributed by atoms with van der Waals surface area (Å²) < 4.78 is 34.8. The summed E-state index contributed by atoms with van der Waals surface area (Å²) in [5.74, 6) is 0.129. The lowest BCUT2D eigenvalue weighted by molar-refractivity contribution is 0.258. The number of rotatable bonds is 6. The number of anilines is 1. The van der Waals surface area contributed by atoms with Crippen LogP contribution in [0.15, 0.2) is 41.6 Å². The third kappa shape index (κ3) is 3.77. The highest BCUT2D eigenvalue weighted by atomic mass is 35.5. The van der Waals surface area contributed by atoms with Crippen LogP contribution in [-0.4, -0.2) is 42.7 Å². The normalized spacial score (nSPS) is 14.0. The number of halogens is 1. The Labute approximate surface area is 154 Å². The van der Waals surface area contributed by atoms with E-state index in [1.165, 1.54) is 43.8 Å². The molecule has 2 aromatic rings. The maximum atomic E-state index is 12.4. The molecule has 0 bridgehead atoms. The lowest BCUT2D eigenvalue weighted by Gasteiger charge is -2.21. The largest absolute Gasteiger partial charge is 0.467 e. The van der Waals surface area contributed by atoms with Crippen LogP contribution in [0.3, 0.4) is 0 Å². The van der Waals surface area contributed by atoms with E-state index in [1.54, 1.807) is 12.1 Å². The molecule has 1 aliphatic heterocycles. The second-order valence-corrected chi connectivity index (χ2v) is 6.81. The van der Waals surface area contributed by atoms with Gasteiger partial charge in [-0.2, -0.15) is 9.97 Å². The molecule has 2 heterocycles. The first kappa shape index (κ1) is 18.1. The minimum Gasteiger partial charge on any atom is -0.467 e. The van der Waals surface area contributed by atoms with E-state index in [-0.39, 0.29) is 27.9 Å². The van der Waals surface area contributed by atoms with E-state index in [2.05, 4.69) is 25.3 Å². The number of benzene rings is 1. The van der Waals surface area contributed by atoms with Gasteiger partial charge in [0.2, 0.25) is 0 Å². The van der Waals surface area contributed by atoms with Crippen LogP contribution in [0.5, 0.6) is 12.0 Å². The number of nitrogens with one attached hydrogen (secondary N) is 2. The third-order valence-corrected chi connectivity index (χ3v) is 4.90. The molecule has 0 spiro atoms. The van der Waals surface area contributed by atoms with Crippen LogP contribution in [0.1, 0.15) is 0 Å². The first-order valence-corrected chi connectivity index (χ1v) is 8.93. The lowest BCUT2D eigenvalue weighted by atomic mass is 10.4. The molecule has 138 valence electrons. The van der Waals surface area contributed by atoms with Crippen molar-refractivity contribution in [3.05, 3.63) is 41.7 Å². The lowest BCUT2D eigenvalue weighted by Crippen LogP contribution is -2.49. The van der Waals surface area contributed by atoms with Crippen molar-refractivity contribution in [2.45, 2.75) is 4.90 Å². The monoisotopic (exact) mass is 399 g/mol. The maximum Gasteiger partial charge on any atom is 0.324 e. The second kappa shape index (κ2) is 7.29. The van der Waals surface area contributed by atoms with Crippen LogP contribution in [0.2, 0.25) is 5.02 Å². The van der Waals surface area contributed by atoms with Gasteiger partial charge in [-0.15, -0.1) is 15.3 Å². The average Bonchev–Trinajstić information content (AvgIpc) is 3.09. The molecule has 0 fully saturated rings. The van der Waals surface area contributed by atoms with Crippen LogP contribution in [0.25, 0.3) is 0 Å². The summed E-state index contributed by atoms with van der Waals surface area (Å²) in [5, 5.41) is 2.54. The zero-order valence-electron chi connectivity index (χ0n) is 13.6. The van der Waals surface area contributed by atoms with Gasteiger partial charge in [0.05, 0.1) is 25.4 Å². The number of hydrazine groups is 3. The van der Waals surface area contributed by atoms with Crippen molar-refractivity contribution in [2.75, 3.05) is 19.2 Å². The Morgan fingerprint density at radius 3 is 2.35 bits per heavy atom. The smallest absolute Gasteiger partial charge is 0.324 e. The molecule has 26 heavy (non-hydrogen) atoms. The van der Waals surface area contributed by atoms with Gasteiger partial charge in [0.15, 0.2) is 0 Å². The summed E-state index contributed by atoms with van der Waals surface area (Å²) >= 11 is 5.94. The van der Waals surface area contributed by atoms with Crippen LogP contribution in [-0.2, 0) is 10.0 Å². The van der Waals surface area contributed by atoms with E-state index < -0.39 is 10.0 Å². The van der Waals surface area contributed by atoms with Crippen molar-refractivity contribution < 1.29 is 17.9 Å². The predicted octanol–water partition coefficient (Wildman–Crippen LogP) is 0.448. The number of hydrogen-bond donors (Lipinski definition) is 2. The maximum absolute atomic E-state index is 12.4. The fraction of sp³-hybridized carbons (Fsp3) is 0.154. The Morgan fingerprint density at radius 1 is 1.08 bits per heavy atom. The average molecular weight is 400 g/mol. The standard InChI is InChI=1S/C13H14ClN7O4S/c1-24-12-15-11(16-13(17-12)25-2)20-7-8-21(18-20)19-26(22,23)10-6-4-3-5-9(10)14/h3-8,18-19H,1-2H3. The summed E-state index contributed by atoms with van der Waals surface area (Å²) in [4.78, 5) is 14.2. The Bertz CT molecular complexity index is 918. The molecule has 0 radical (unpaired) electrons. The van der Waals surface area contributed by atoms with E-state index in [1.807, 2.05) is 0 Å². The summed E-state index contributed by atoms with van der Waals surface area (Å²) in [5.41, 5.74) is 2.71. The highest BCUT2D eigenvalue weighted by molar-refractivity contribution is 7.89. The van der Waals surface area contributed by atoms with Gasteiger partial charge < -0.3 is 9.47 Å². The topological polar surface area (TPSA) is 122 Å². The quantitative estimate of drug-likeness (QED) is 0.707. The summed E-state index contributed by atoms with van der Waals surface area (Å²) in [6, 6.07) is 6.17. The third-order valence-electron chi connectivity index (χ3n) is 3.09. The fourth-order valence-electron chi connectivity index (χ4n) is 1.94. The highest BCUT2D eigenvalue weighted by Crippen LogP contribution is 2.21. The van der Waals surface area contributed by atoms with E-state index >= 15 is 0 Å². The molecule has 0 aliphatic carbocycles. The minimum absolute atomic E-state index is 0.0390. The first-order chi connectivity index (χ1) is 12.4. The van der Waals surface area contributed by atoms with Crippen molar-refractivity contribution in [3.8, 4) is 12.0 Å². The van der Waals surface area contributed by atoms with Crippen LogP contribution >= 0.6 is 11.6 Å². The summed E-state index contributed by atoms with van der Waals surface area (Å²) in [6.45, 7) is 0. The predicted molar refractivity (Wildman–Crippen MR) is 91.3 cm³/mol. The fourth-order valence-corrected chi connectivity index (χ4v) is 3.42. The molecule has 0 saturated heterocycles. The molecule has 0 atom stereocenters. The van der Waals surface area contributed by atoms with Crippen molar-refractivity contribution in [1.29, 1.82) is 0 Å². The summed E-state index contributed by atoms with van der Waals surface area (Å²) in [7, 11) is -1.11. The molecule has 0 saturated carbocycles. The zero-order chi connectivity index (χ0) is 18.7. The number of nitrogens with zero attached hydrogens (tertiary/aromatic N) is 5. The van der Waals surface area contributed by atoms with Gasteiger partial charge in [0.25, 0.3) is 16.0 Å². The van der Waals surface area contributed by atoms with Crippen molar-refractivity contribution in [1.82, 2.24) is 30.4 Å². The van der Waals surface area contributed by atoms with Gasteiger partial charge in [-0.25, -0.2) is 18.5 Å². The van der Waals surface area contributed by atoms with Gasteiger partial charge in [0.1, 0.15) is 4.90 Å². The number of aromatic nitrogens is 3. The molecule has 0 amide bonds. The van der Waals surface area contributed by atoms with Crippen LogP contribution in [0, 0.1) is 0 Å². The first-order valence-electron chi connectivity index (χ1n) is 7.07. The molecular formula is C13H14ClN7O4S. The highest BCUT2D eigenvalue weighted by Gasteiger charge is 2.24. The van der Waals surface area contributed by atoms with E-state index in [4.69, 9.17) is 21.1 Å². The van der Waals surface area contributed by atoms with E-state index in [9.17, 15) is 8.42 Å². The molecule has 3 rings (SSSR count). The van der Waals surface area contributed by atoms with Gasteiger partial charge in [-0.1, -0.05) is 23.7 Å². The van der Waals surface area contributed by atoms with Crippen LogP contribution in [0.4, 0.5) is 5.95 Å². The zero-order valence-corrected chi connectivity index (χ0v) is 15.2. The van der Waals surface area contributed by atoms with Crippen molar-refractivity contribution >= 4 is 27.6 Å². The number of ether oxygens (including phenoxy) is 2. The van der Waals surface area contributed by atoms with Crippen molar-refractivity contribution in [2.24, 2.45) is 0 Å². The molecule has 2 N–H and O–H groups in total. The molecular weight excluding hydrogens is 386 g/mol. The second-order valence-electron chi connectivity index (χ2n) is 4.77. The molecule has 1 aliphatic rings. The van der Waals surface area contributed by atoms with Gasteiger partial charge in [0, 0.05) is 6.20 Å². The molecule has 1 aromatic carbocycles. The molecule has 1 aromatic heterocycles. The Hall–Kier alpha value is -2.67. The Balaban J connectivity index is 1.76. The number of sulfonamides is 1. The number of methoxy groups -OCH3 is 2. The molecule has 11 nitrogen and oxygen atoms in total. The minimum atomic E-state index is -3.90. The number of hydrogen-bond acceptors (Lipinski definition) is 10. The van der Waals surface area contributed by atoms with Gasteiger partial charge >= 0.3 is 12.0 Å². The molecule has 13 heteroatoms. The van der Waals surface area contributed by atoms with E-state index in [0.717, 1.165) is 5.12 Å². The van der Waals surface area contributed by atoms with Crippen LogP contribution < -0.4 is 24.8 Å². The summed E-state index contributed by atoms with van der Waals surface area (Å²) in [6.07, 6.45) is 2.90. The molecule has 0 unspecified atom stereocenters. The Kier molecular flexibility index (Phi) is 5.08. The van der Waals surface area contributed by atoms with Gasteiger partial charge in [-0.3, -0.25) is 0 Å².